The van der Waals surface area contributed by atoms with E-state index in [-0.39, 0.29) is 4.90 Å². The first-order valence-corrected chi connectivity index (χ1v) is 10.1. The highest BCUT2D eigenvalue weighted by Gasteiger charge is 2.31. The maximum Gasteiger partial charge on any atom is 0.298 e. The van der Waals surface area contributed by atoms with E-state index in [0.29, 0.717) is 13.0 Å². The third-order valence-electron chi connectivity index (χ3n) is 4.66. The van der Waals surface area contributed by atoms with Gasteiger partial charge >= 0.3 is 0 Å². The van der Waals surface area contributed by atoms with Crippen molar-refractivity contribution in [2.75, 3.05) is 6.54 Å². The number of likely N-dealkylation sites (tertiary alicyclic amines) is 1. The second-order valence-corrected chi connectivity index (χ2v) is 8.06. The number of hydrogen-bond donors (Lipinski definition) is 0. The Morgan fingerprint density at radius 1 is 1.08 bits per heavy atom. The summed E-state index contributed by atoms with van der Waals surface area (Å²) in [4.78, 5) is 6.37. The molecule has 134 valence electrons. The van der Waals surface area contributed by atoms with E-state index < -0.39 is 16.3 Å². The molecule has 2 heterocycles. The molecule has 3 aromatic rings. The molecule has 0 aliphatic carbocycles. The Labute approximate surface area is 153 Å². The van der Waals surface area contributed by atoms with Crippen molar-refractivity contribution in [2.24, 2.45) is 0 Å². The summed E-state index contributed by atoms with van der Waals surface area (Å²) in [5.74, 6) is 0. The fraction of sp³-hybridized carbons (Fsp3) is 0.250. The van der Waals surface area contributed by atoms with Crippen LogP contribution in [0.2, 0.25) is 0 Å². The van der Waals surface area contributed by atoms with Crippen LogP contribution in [0.15, 0.2) is 71.9 Å². The summed E-state index contributed by atoms with van der Waals surface area (Å²) < 4.78 is 31.1. The van der Waals surface area contributed by atoms with Gasteiger partial charge in [-0.25, -0.2) is 4.18 Å². The highest BCUT2D eigenvalue weighted by atomic mass is 32.2. The Morgan fingerprint density at radius 3 is 2.73 bits per heavy atom. The summed E-state index contributed by atoms with van der Waals surface area (Å²) in [7, 11) is -3.82. The summed E-state index contributed by atoms with van der Waals surface area (Å²) in [5, 5.41) is 1.89. The van der Waals surface area contributed by atoms with Crippen molar-refractivity contribution in [3.8, 4) is 0 Å². The zero-order valence-corrected chi connectivity index (χ0v) is 15.1. The van der Waals surface area contributed by atoms with Crippen molar-refractivity contribution >= 4 is 20.9 Å². The molecule has 1 aliphatic heterocycles. The molecule has 1 aromatic heterocycles. The number of pyridine rings is 1. The number of aromatic nitrogens is 1. The van der Waals surface area contributed by atoms with Crippen molar-refractivity contribution in [3.05, 3.63) is 72.6 Å². The van der Waals surface area contributed by atoms with Gasteiger partial charge in [0.2, 0.25) is 0 Å². The molecule has 26 heavy (non-hydrogen) atoms. The zero-order valence-electron chi connectivity index (χ0n) is 14.3. The molecule has 5 nitrogen and oxygen atoms in total. The first-order chi connectivity index (χ1) is 12.6. The summed E-state index contributed by atoms with van der Waals surface area (Å²) in [6.07, 6.45) is 4.70. The van der Waals surface area contributed by atoms with E-state index in [4.69, 9.17) is 4.18 Å². The lowest BCUT2D eigenvalue weighted by Crippen LogP contribution is -2.33. The monoisotopic (exact) mass is 368 g/mol. The van der Waals surface area contributed by atoms with Gasteiger partial charge in [-0.05, 0) is 47.4 Å². The number of nitrogens with zero attached hydrogens (tertiary/aromatic N) is 2. The molecule has 1 atom stereocenters. The van der Waals surface area contributed by atoms with Gasteiger partial charge in [-0.15, -0.1) is 0 Å². The zero-order chi connectivity index (χ0) is 18.0. The second-order valence-electron chi connectivity index (χ2n) is 6.49. The topological polar surface area (TPSA) is 59.5 Å². The quantitative estimate of drug-likeness (QED) is 0.645. The Bertz CT molecular complexity index is 1010. The minimum absolute atomic E-state index is 0.199. The van der Waals surface area contributed by atoms with Crippen molar-refractivity contribution < 1.29 is 12.6 Å². The molecule has 0 bridgehead atoms. The summed E-state index contributed by atoms with van der Waals surface area (Å²) in [6, 6.07) is 16.6. The van der Waals surface area contributed by atoms with Gasteiger partial charge in [0.05, 0.1) is 4.90 Å². The highest BCUT2D eigenvalue weighted by molar-refractivity contribution is 7.86. The van der Waals surface area contributed by atoms with E-state index in [1.165, 1.54) is 0 Å². The van der Waals surface area contributed by atoms with E-state index in [1.54, 1.807) is 24.5 Å². The molecule has 6 heteroatoms. The first-order valence-electron chi connectivity index (χ1n) is 8.67. The van der Waals surface area contributed by atoms with Crippen LogP contribution >= 0.6 is 0 Å². The van der Waals surface area contributed by atoms with Crippen LogP contribution in [-0.4, -0.2) is 31.1 Å². The Hall–Kier alpha value is -2.28. The van der Waals surface area contributed by atoms with Gasteiger partial charge in [0, 0.05) is 25.5 Å². The standard InChI is InChI=1S/C20H20N2O3S/c23-26(24,19-10-9-17-6-1-2-7-18(17)13-19)25-20-8-4-12-22(20)15-16-5-3-11-21-14-16/h1-3,5-7,9-11,13-14,20H,4,8,12,15H2. The van der Waals surface area contributed by atoms with Gasteiger partial charge in [-0.2, -0.15) is 8.42 Å². The van der Waals surface area contributed by atoms with Crippen LogP contribution < -0.4 is 0 Å². The molecular weight excluding hydrogens is 348 g/mol. The van der Waals surface area contributed by atoms with Crippen LogP contribution in [0.1, 0.15) is 18.4 Å². The highest BCUT2D eigenvalue weighted by Crippen LogP contribution is 2.26. The molecule has 4 rings (SSSR count). The molecule has 0 radical (unpaired) electrons. The molecule has 1 unspecified atom stereocenters. The molecular formula is C20H20N2O3S. The van der Waals surface area contributed by atoms with Gasteiger partial charge in [-0.3, -0.25) is 9.88 Å². The molecule has 0 spiro atoms. The molecule has 2 aromatic carbocycles. The Balaban J connectivity index is 1.54. The largest absolute Gasteiger partial charge is 0.298 e. The van der Waals surface area contributed by atoms with Crippen molar-refractivity contribution in [1.29, 1.82) is 0 Å². The average molecular weight is 368 g/mol. The summed E-state index contributed by atoms with van der Waals surface area (Å²) in [6.45, 7) is 1.44. The lowest BCUT2D eigenvalue weighted by Gasteiger charge is -2.24. The number of rotatable bonds is 5. The minimum atomic E-state index is -3.82. The maximum atomic E-state index is 12.8. The van der Waals surface area contributed by atoms with Gasteiger partial charge in [0.25, 0.3) is 10.1 Å². The minimum Gasteiger partial charge on any atom is -0.273 e. The molecule has 0 amide bonds. The average Bonchev–Trinajstić information content (AvgIpc) is 3.08. The van der Waals surface area contributed by atoms with Crippen molar-refractivity contribution in [2.45, 2.75) is 30.5 Å². The molecule has 0 N–H and O–H groups in total. The summed E-state index contributed by atoms with van der Waals surface area (Å²) >= 11 is 0. The van der Waals surface area contributed by atoms with E-state index in [2.05, 4.69) is 9.88 Å². The first kappa shape index (κ1) is 17.1. The van der Waals surface area contributed by atoms with E-state index in [1.807, 2.05) is 42.5 Å². The van der Waals surface area contributed by atoms with Crippen molar-refractivity contribution in [1.82, 2.24) is 9.88 Å². The van der Waals surface area contributed by atoms with Gasteiger partial charge in [-0.1, -0.05) is 36.4 Å². The predicted octanol–water partition coefficient (Wildman–Crippen LogP) is 3.56. The smallest absolute Gasteiger partial charge is 0.273 e. The normalized spacial score (nSPS) is 18.4. The molecule has 1 aliphatic rings. The van der Waals surface area contributed by atoms with E-state index >= 15 is 0 Å². The van der Waals surface area contributed by atoms with Crippen LogP contribution in [-0.2, 0) is 20.8 Å². The predicted molar refractivity (Wildman–Crippen MR) is 99.9 cm³/mol. The number of benzene rings is 2. The fourth-order valence-corrected chi connectivity index (χ4v) is 4.46. The second kappa shape index (κ2) is 7.15. The van der Waals surface area contributed by atoms with E-state index in [9.17, 15) is 8.42 Å². The number of hydrogen-bond acceptors (Lipinski definition) is 5. The van der Waals surface area contributed by atoms with Crippen LogP contribution in [0, 0.1) is 0 Å². The number of fused-ring (bicyclic) bond motifs is 1. The van der Waals surface area contributed by atoms with Gasteiger partial charge < -0.3 is 0 Å². The van der Waals surface area contributed by atoms with Crippen LogP contribution in [0.4, 0.5) is 0 Å². The van der Waals surface area contributed by atoms with Gasteiger partial charge in [0.1, 0.15) is 6.23 Å². The molecule has 1 saturated heterocycles. The Morgan fingerprint density at radius 2 is 1.92 bits per heavy atom. The van der Waals surface area contributed by atoms with E-state index in [0.717, 1.165) is 29.3 Å². The Kier molecular flexibility index (Phi) is 4.72. The fourth-order valence-electron chi connectivity index (χ4n) is 3.34. The third-order valence-corrected chi connectivity index (χ3v) is 5.97. The van der Waals surface area contributed by atoms with Crippen LogP contribution in [0.3, 0.4) is 0 Å². The molecule has 1 fully saturated rings. The SMILES string of the molecule is O=S(=O)(OC1CCCN1Cc1cccnc1)c1ccc2ccccc2c1. The van der Waals surface area contributed by atoms with Crippen molar-refractivity contribution in [3.63, 3.8) is 0 Å². The lowest BCUT2D eigenvalue weighted by molar-refractivity contribution is 0.0608. The van der Waals surface area contributed by atoms with Gasteiger partial charge in [0.15, 0.2) is 0 Å². The van der Waals surface area contributed by atoms with Crippen LogP contribution in [0.5, 0.6) is 0 Å². The lowest BCUT2D eigenvalue weighted by atomic mass is 10.1. The van der Waals surface area contributed by atoms with Crippen LogP contribution in [0.25, 0.3) is 10.8 Å². The third kappa shape index (κ3) is 3.62. The summed E-state index contributed by atoms with van der Waals surface area (Å²) in [5.41, 5.74) is 1.05. The maximum absolute atomic E-state index is 12.8. The molecule has 0 saturated carbocycles.